The van der Waals surface area contributed by atoms with Crippen LogP contribution in [0, 0.1) is 13.8 Å². The first-order chi connectivity index (χ1) is 12.9. The van der Waals surface area contributed by atoms with Gasteiger partial charge in [0.1, 0.15) is 12.1 Å². The lowest BCUT2D eigenvalue weighted by atomic mass is 10.3. The molecule has 8 nitrogen and oxygen atoms in total. The number of carbonyl (C=O) groups is 1. The Hall–Kier alpha value is -2.81. The summed E-state index contributed by atoms with van der Waals surface area (Å²) in [6.45, 7) is 5.63. The molecule has 3 aromatic rings. The Labute approximate surface area is 161 Å². The van der Waals surface area contributed by atoms with E-state index in [2.05, 4.69) is 20.6 Å². The number of aromatic nitrogens is 5. The monoisotopic (exact) mass is 386 g/mol. The van der Waals surface area contributed by atoms with Crippen LogP contribution < -0.4 is 10.1 Å². The lowest BCUT2D eigenvalue weighted by Crippen LogP contribution is -2.23. The van der Waals surface area contributed by atoms with Gasteiger partial charge in [-0.15, -0.1) is 10.2 Å². The van der Waals surface area contributed by atoms with Gasteiger partial charge in [0, 0.05) is 7.05 Å². The largest absolute Gasteiger partial charge is 0.495 e. The van der Waals surface area contributed by atoms with Crippen LogP contribution in [0.1, 0.15) is 18.3 Å². The highest BCUT2D eigenvalue weighted by Gasteiger charge is 2.21. The van der Waals surface area contributed by atoms with Crippen molar-refractivity contribution in [3.63, 3.8) is 0 Å². The molecule has 0 saturated carbocycles. The summed E-state index contributed by atoms with van der Waals surface area (Å²) in [5, 5.41) is 15.7. The van der Waals surface area contributed by atoms with E-state index < -0.39 is 0 Å². The van der Waals surface area contributed by atoms with Crippen LogP contribution in [0.2, 0.25) is 0 Å². The second-order valence-corrected chi connectivity index (χ2v) is 7.38. The van der Waals surface area contributed by atoms with Crippen molar-refractivity contribution < 1.29 is 9.53 Å². The van der Waals surface area contributed by atoms with E-state index in [4.69, 9.17) is 4.74 Å². The van der Waals surface area contributed by atoms with E-state index in [0.717, 1.165) is 22.8 Å². The molecule has 9 heteroatoms. The number of thioether (sulfide) groups is 1. The smallest absolute Gasteiger partial charge is 0.237 e. The lowest BCUT2D eigenvalue weighted by Gasteiger charge is -2.14. The molecular weight excluding hydrogens is 364 g/mol. The van der Waals surface area contributed by atoms with E-state index in [0.29, 0.717) is 10.9 Å². The molecule has 142 valence electrons. The third-order valence-electron chi connectivity index (χ3n) is 4.27. The van der Waals surface area contributed by atoms with Gasteiger partial charge in [-0.3, -0.25) is 14.0 Å². The lowest BCUT2D eigenvalue weighted by molar-refractivity contribution is -0.115. The summed E-state index contributed by atoms with van der Waals surface area (Å²) in [5.74, 6) is 0.589. The first-order valence-corrected chi connectivity index (χ1v) is 9.31. The number of aryl methyl sites for hydroxylation is 2. The van der Waals surface area contributed by atoms with Crippen LogP contribution in [0.15, 0.2) is 35.7 Å². The fourth-order valence-corrected chi connectivity index (χ4v) is 3.53. The number of amides is 1. The minimum atomic E-state index is -0.373. The zero-order valence-corrected chi connectivity index (χ0v) is 16.7. The molecule has 1 amide bonds. The Kier molecular flexibility index (Phi) is 5.50. The molecule has 1 atom stereocenters. The van der Waals surface area contributed by atoms with Gasteiger partial charge in [-0.1, -0.05) is 23.9 Å². The first-order valence-electron chi connectivity index (χ1n) is 8.43. The van der Waals surface area contributed by atoms with Crippen LogP contribution >= 0.6 is 11.8 Å². The molecule has 3 rings (SSSR count). The molecule has 0 aliphatic carbocycles. The number of rotatable bonds is 6. The predicted octanol–water partition coefficient (Wildman–Crippen LogP) is 2.75. The minimum absolute atomic E-state index is 0.117. The summed E-state index contributed by atoms with van der Waals surface area (Å²) < 4.78 is 8.97. The molecule has 2 aromatic heterocycles. The number of hydrogen-bond donors (Lipinski definition) is 1. The second-order valence-electron chi connectivity index (χ2n) is 6.07. The van der Waals surface area contributed by atoms with E-state index in [1.807, 2.05) is 56.7 Å². The van der Waals surface area contributed by atoms with Gasteiger partial charge >= 0.3 is 0 Å². The summed E-state index contributed by atoms with van der Waals surface area (Å²) >= 11 is 1.33. The summed E-state index contributed by atoms with van der Waals surface area (Å²) in [5.41, 5.74) is 3.27. The highest BCUT2D eigenvalue weighted by atomic mass is 32.2. The maximum atomic E-state index is 12.7. The van der Waals surface area contributed by atoms with Gasteiger partial charge in [-0.25, -0.2) is 0 Å². The van der Waals surface area contributed by atoms with Crippen molar-refractivity contribution >= 4 is 23.4 Å². The van der Waals surface area contributed by atoms with Crippen molar-refractivity contribution in [2.75, 3.05) is 12.4 Å². The van der Waals surface area contributed by atoms with E-state index in [1.165, 1.54) is 11.8 Å². The van der Waals surface area contributed by atoms with E-state index in [-0.39, 0.29) is 11.2 Å². The fourth-order valence-electron chi connectivity index (χ4n) is 2.69. The number of methoxy groups -OCH3 is 1. The molecule has 0 fully saturated rings. The van der Waals surface area contributed by atoms with Gasteiger partial charge in [0.15, 0.2) is 5.16 Å². The molecule has 0 spiro atoms. The highest BCUT2D eigenvalue weighted by molar-refractivity contribution is 8.00. The Morgan fingerprint density at radius 1 is 1.30 bits per heavy atom. The van der Waals surface area contributed by atoms with Crippen molar-refractivity contribution in [1.29, 1.82) is 0 Å². The molecular formula is C18H22N6O2S. The average Bonchev–Trinajstić information content (AvgIpc) is 3.21. The number of para-hydroxylation sites is 2. The summed E-state index contributed by atoms with van der Waals surface area (Å²) in [4.78, 5) is 12.7. The van der Waals surface area contributed by atoms with Gasteiger partial charge in [0.25, 0.3) is 0 Å². The van der Waals surface area contributed by atoms with Crippen molar-refractivity contribution in [2.24, 2.45) is 7.05 Å². The van der Waals surface area contributed by atoms with Gasteiger partial charge < -0.3 is 10.1 Å². The molecule has 2 heterocycles. The molecule has 0 bridgehead atoms. The van der Waals surface area contributed by atoms with Crippen molar-refractivity contribution in [3.8, 4) is 11.4 Å². The van der Waals surface area contributed by atoms with Crippen molar-refractivity contribution in [3.05, 3.63) is 42.0 Å². The molecule has 0 saturated heterocycles. The molecule has 0 aliphatic heterocycles. The minimum Gasteiger partial charge on any atom is -0.495 e. The summed E-state index contributed by atoms with van der Waals surface area (Å²) in [7, 11) is 3.47. The molecule has 1 N–H and O–H groups in total. The van der Waals surface area contributed by atoms with Gasteiger partial charge in [-0.2, -0.15) is 5.10 Å². The second kappa shape index (κ2) is 7.83. The Bertz CT molecular complexity index is 965. The number of benzene rings is 1. The number of hydrogen-bond acceptors (Lipinski definition) is 6. The fraction of sp³-hybridized carbons (Fsp3) is 0.333. The molecule has 0 radical (unpaired) electrons. The van der Waals surface area contributed by atoms with Crippen LogP contribution in [-0.2, 0) is 11.8 Å². The molecule has 27 heavy (non-hydrogen) atoms. The average molecular weight is 386 g/mol. The number of anilines is 1. The number of carbonyl (C=O) groups excluding carboxylic acids is 1. The van der Waals surface area contributed by atoms with Gasteiger partial charge in [0.05, 0.1) is 35.1 Å². The standard InChI is InChI=1S/C18H22N6O2S/c1-11-16(12(2)23(4)22-11)20-17(25)13(3)27-18-21-19-10-24(18)14-8-6-7-9-15(14)26-5/h6-10,13H,1-5H3,(H,20,25). The highest BCUT2D eigenvalue weighted by Crippen LogP contribution is 2.29. The van der Waals surface area contributed by atoms with Crippen molar-refractivity contribution in [2.45, 2.75) is 31.2 Å². The number of nitrogens with zero attached hydrogens (tertiary/aromatic N) is 5. The Morgan fingerprint density at radius 3 is 2.70 bits per heavy atom. The van der Waals surface area contributed by atoms with Crippen LogP contribution in [0.4, 0.5) is 5.69 Å². The third kappa shape index (κ3) is 3.82. The first kappa shape index (κ1) is 19.0. The normalized spacial score (nSPS) is 12.0. The SMILES string of the molecule is COc1ccccc1-n1cnnc1SC(C)C(=O)Nc1c(C)nn(C)c1C. The molecule has 0 aliphatic rings. The Morgan fingerprint density at radius 2 is 2.04 bits per heavy atom. The van der Waals surface area contributed by atoms with Gasteiger partial charge in [0.2, 0.25) is 5.91 Å². The number of nitrogens with one attached hydrogen (secondary N) is 1. The molecule has 1 aromatic carbocycles. The maximum Gasteiger partial charge on any atom is 0.237 e. The zero-order valence-electron chi connectivity index (χ0n) is 15.9. The Balaban J connectivity index is 1.78. The topological polar surface area (TPSA) is 86.9 Å². The van der Waals surface area contributed by atoms with E-state index >= 15 is 0 Å². The van der Waals surface area contributed by atoms with Gasteiger partial charge in [-0.05, 0) is 32.9 Å². The van der Waals surface area contributed by atoms with Crippen molar-refractivity contribution in [1.82, 2.24) is 24.5 Å². The number of ether oxygens (including phenoxy) is 1. The van der Waals surface area contributed by atoms with Crippen LogP contribution in [0.3, 0.4) is 0 Å². The summed E-state index contributed by atoms with van der Waals surface area (Å²) in [6.07, 6.45) is 1.61. The van der Waals surface area contributed by atoms with E-state index in [9.17, 15) is 4.79 Å². The van der Waals surface area contributed by atoms with Crippen LogP contribution in [-0.4, -0.2) is 42.8 Å². The zero-order chi connectivity index (χ0) is 19.6. The molecule has 1 unspecified atom stereocenters. The van der Waals surface area contributed by atoms with Crippen LogP contribution in [0.5, 0.6) is 5.75 Å². The summed E-state index contributed by atoms with van der Waals surface area (Å²) in [6, 6.07) is 7.59. The third-order valence-corrected chi connectivity index (χ3v) is 5.33. The van der Waals surface area contributed by atoms with Crippen LogP contribution in [0.25, 0.3) is 5.69 Å². The van der Waals surface area contributed by atoms with E-state index in [1.54, 1.807) is 18.1 Å². The quantitative estimate of drug-likeness (QED) is 0.656. The predicted molar refractivity (Wildman–Crippen MR) is 105 cm³/mol. The maximum absolute atomic E-state index is 12.7.